The Morgan fingerprint density at radius 1 is 1.26 bits per heavy atom. The fourth-order valence-corrected chi connectivity index (χ4v) is 3.17. The number of ether oxygens (including phenoxy) is 1. The SMILES string of the molecule is CN(C)S(=O)(=O)c1ccc(C(=O)NCC2(O)CCOCC2)cc1. The van der Waals surface area contributed by atoms with Gasteiger partial charge in [0.05, 0.1) is 10.5 Å². The summed E-state index contributed by atoms with van der Waals surface area (Å²) in [7, 11) is -0.613. The third-order valence-corrected chi connectivity index (χ3v) is 5.73. The molecule has 0 aromatic heterocycles. The first-order valence-corrected chi connectivity index (χ1v) is 8.80. The van der Waals surface area contributed by atoms with Crippen LogP contribution in [0.2, 0.25) is 0 Å². The molecule has 128 valence electrons. The average Bonchev–Trinajstić information content (AvgIpc) is 2.53. The fraction of sp³-hybridized carbons (Fsp3) is 0.533. The highest BCUT2D eigenvalue weighted by atomic mass is 32.2. The van der Waals surface area contributed by atoms with Crippen molar-refractivity contribution in [2.24, 2.45) is 0 Å². The molecule has 0 aliphatic carbocycles. The van der Waals surface area contributed by atoms with Gasteiger partial charge in [0.15, 0.2) is 0 Å². The van der Waals surface area contributed by atoms with Gasteiger partial charge in [-0.15, -0.1) is 0 Å². The number of carbonyl (C=O) groups is 1. The molecule has 0 bridgehead atoms. The zero-order chi connectivity index (χ0) is 17.1. The maximum atomic E-state index is 12.1. The van der Waals surface area contributed by atoms with Crippen molar-refractivity contribution in [3.8, 4) is 0 Å². The summed E-state index contributed by atoms with van der Waals surface area (Å²) in [5.74, 6) is -0.348. The van der Waals surface area contributed by atoms with Crippen LogP contribution in [-0.4, -0.2) is 63.2 Å². The number of hydrogen-bond donors (Lipinski definition) is 2. The van der Waals surface area contributed by atoms with Gasteiger partial charge in [-0.2, -0.15) is 0 Å². The van der Waals surface area contributed by atoms with E-state index in [4.69, 9.17) is 4.74 Å². The first kappa shape index (κ1) is 17.9. The largest absolute Gasteiger partial charge is 0.388 e. The molecule has 1 fully saturated rings. The predicted molar refractivity (Wildman–Crippen MR) is 84.7 cm³/mol. The van der Waals surface area contributed by atoms with Crippen LogP contribution in [0.4, 0.5) is 0 Å². The van der Waals surface area contributed by atoms with Crippen molar-refractivity contribution in [2.45, 2.75) is 23.3 Å². The van der Waals surface area contributed by atoms with E-state index >= 15 is 0 Å². The van der Waals surface area contributed by atoms with Gasteiger partial charge in [0.2, 0.25) is 10.0 Å². The zero-order valence-electron chi connectivity index (χ0n) is 13.3. The smallest absolute Gasteiger partial charge is 0.251 e. The molecule has 0 radical (unpaired) electrons. The average molecular weight is 342 g/mol. The topological polar surface area (TPSA) is 95.9 Å². The minimum Gasteiger partial charge on any atom is -0.388 e. The highest BCUT2D eigenvalue weighted by Crippen LogP contribution is 2.19. The van der Waals surface area contributed by atoms with E-state index in [1.54, 1.807) is 0 Å². The molecule has 2 N–H and O–H groups in total. The van der Waals surface area contributed by atoms with Crippen molar-refractivity contribution in [1.82, 2.24) is 9.62 Å². The Bertz CT molecular complexity index is 649. The number of nitrogens with one attached hydrogen (secondary N) is 1. The Balaban J connectivity index is 2.00. The van der Waals surface area contributed by atoms with Gasteiger partial charge < -0.3 is 15.2 Å². The summed E-state index contributed by atoms with van der Waals surface area (Å²) in [6.45, 7) is 1.10. The lowest BCUT2D eigenvalue weighted by Gasteiger charge is -2.32. The summed E-state index contributed by atoms with van der Waals surface area (Å²) in [6.07, 6.45) is 0.959. The predicted octanol–water partition coefficient (Wildman–Crippen LogP) is 0.208. The number of amides is 1. The molecule has 0 spiro atoms. The van der Waals surface area contributed by atoms with Gasteiger partial charge in [0.25, 0.3) is 5.91 Å². The zero-order valence-corrected chi connectivity index (χ0v) is 14.1. The third kappa shape index (κ3) is 4.29. The van der Waals surface area contributed by atoms with Gasteiger partial charge in [-0.3, -0.25) is 4.79 Å². The summed E-state index contributed by atoms with van der Waals surface area (Å²) in [5, 5.41) is 13.0. The molecule has 1 aromatic carbocycles. The summed E-state index contributed by atoms with van der Waals surface area (Å²) < 4.78 is 30.2. The number of benzene rings is 1. The van der Waals surface area contributed by atoms with Crippen LogP contribution in [0.3, 0.4) is 0 Å². The minimum atomic E-state index is -3.51. The summed E-state index contributed by atoms with van der Waals surface area (Å²) in [4.78, 5) is 12.2. The van der Waals surface area contributed by atoms with E-state index in [0.29, 0.717) is 31.6 Å². The van der Waals surface area contributed by atoms with E-state index < -0.39 is 15.6 Å². The lowest BCUT2D eigenvalue weighted by Crippen LogP contribution is -2.46. The van der Waals surface area contributed by atoms with E-state index in [-0.39, 0.29) is 17.3 Å². The van der Waals surface area contributed by atoms with Gasteiger partial charge in [-0.1, -0.05) is 0 Å². The third-order valence-electron chi connectivity index (χ3n) is 3.90. The van der Waals surface area contributed by atoms with Gasteiger partial charge in [-0.05, 0) is 24.3 Å². The molecular weight excluding hydrogens is 320 g/mol. The monoisotopic (exact) mass is 342 g/mol. The number of rotatable bonds is 5. The fourth-order valence-electron chi connectivity index (χ4n) is 2.26. The van der Waals surface area contributed by atoms with E-state index in [0.717, 1.165) is 4.31 Å². The molecule has 1 saturated heterocycles. The lowest BCUT2D eigenvalue weighted by atomic mass is 9.94. The van der Waals surface area contributed by atoms with Gasteiger partial charge in [0, 0.05) is 52.3 Å². The molecule has 0 saturated carbocycles. The summed E-state index contributed by atoms with van der Waals surface area (Å²) in [6, 6.07) is 5.71. The lowest BCUT2D eigenvalue weighted by molar-refractivity contribution is -0.0605. The molecular formula is C15H22N2O5S. The second kappa shape index (κ2) is 6.96. The van der Waals surface area contributed by atoms with Crippen LogP contribution < -0.4 is 5.32 Å². The van der Waals surface area contributed by atoms with Crippen molar-refractivity contribution in [1.29, 1.82) is 0 Å². The Hall–Kier alpha value is -1.48. The summed E-state index contributed by atoms with van der Waals surface area (Å²) in [5.41, 5.74) is -0.597. The maximum absolute atomic E-state index is 12.1. The van der Waals surface area contributed by atoms with Gasteiger partial charge in [-0.25, -0.2) is 12.7 Å². The molecule has 1 heterocycles. The second-order valence-corrected chi connectivity index (χ2v) is 7.98. The molecule has 7 nitrogen and oxygen atoms in total. The van der Waals surface area contributed by atoms with Crippen LogP contribution >= 0.6 is 0 Å². The molecule has 1 aromatic rings. The Kier molecular flexibility index (Phi) is 5.41. The van der Waals surface area contributed by atoms with Crippen LogP contribution in [0.25, 0.3) is 0 Å². The van der Waals surface area contributed by atoms with Gasteiger partial charge in [0.1, 0.15) is 0 Å². The van der Waals surface area contributed by atoms with E-state index in [9.17, 15) is 18.3 Å². The highest BCUT2D eigenvalue weighted by molar-refractivity contribution is 7.89. The molecule has 0 unspecified atom stereocenters. The molecule has 0 atom stereocenters. The van der Waals surface area contributed by atoms with Gasteiger partial charge >= 0.3 is 0 Å². The Morgan fingerprint density at radius 2 is 1.83 bits per heavy atom. The van der Waals surface area contributed by atoms with Crippen LogP contribution in [0, 0.1) is 0 Å². The highest BCUT2D eigenvalue weighted by Gasteiger charge is 2.30. The number of sulfonamides is 1. The van der Waals surface area contributed by atoms with Crippen LogP contribution in [0.1, 0.15) is 23.2 Å². The van der Waals surface area contributed by atoms with Crippen LogP contribution in [0.5, 0.6) is 0 Å². The number of hydrogen-bond acceptors (Lipinski definition) is 5. The minimum absolute atomic E-state index is 0.127. The molecule has 1 amide bonds. The van der Waals surface area contributed by atoms with Crippen molar-refractivity contribution in [3.05, 3.63) is 29.8 Å². The number of carbonyl (C=O) groups excluding carboxylic acids is 1. The molecule has 8 heteroatoms. The molecule has 1 aliphatic heterocycles. The van der Waals surface area contributed by atoms with E-state index in [1.165, 1.54) is 38.4 Å². The standard InChI is InChI=1S/C15H22N2O5S/c1-17(2)23(20,21)13-5-3-12(4-6-13)14(18)16-11-15(19)7-9-22-10-8-15/h3-6,19H,7-11H2,1-2H3,(H,16,18). The van der Waals surface area contributed by atoms with Crippen molar-refractivity contribution in [3.63, 3.8) is 0 Å². The van der Waals surface area contributed by atoms with Crippen LogP contribution in [-0.2, 0) is 14.8 Å². The first-order valence-electron chi connectivity index (χ1n) is 7.36. The van der Waals surface area contributed by atoms with Crippen molar-refractivity contribution in [2.75, 3.05) is 33.9 Å². The normalized spacial score (nSPS) is 17.9. The first-order chi connectivity index (χ1) is 10.7. The Morgan fingerprint density at radius 3 is 2.35 bits per heavy atom. The second-order valence-electron chi connectivity index (χ2n) is 5.83. The quantitative estimate of drug-likeness (QED) is 0.797. The van der Waals surface area contributed by atoms with Crippen molar-refractivity contribution >= 4 is 15.9 Å². The number of nitrogens with zero attached hydrogens (tertiary/aromatic N) is 1. The van der Waals surface area contributed by atoms with Crippen molar-refractivity contribution < 1.29 is 23.1 Å². The molecule has 2 rings (SSSR count). The Labute approximate surface area is 136 Å². The molecule has 1 aliphatic rings. The molecule has 23 heavy (non-hydrogen) atoms. The maximum Gasteiger partial charge on any atom is 0.251 e. The van der Waals surface area contributed by atoms with Crippen LogP contribution in [0.15, 0.2) is 29.2 Å². The van der Waals surface area contributed by atoms with E-state index in [1.807, 2.05) is 0 Å². The van der Waals surface area contributed by atoms with E-state index in [2.05, 4.69) is 5.32 Å². The number of aliphatic hydroxyl groups is 1. The summed E-state index contributed by atoms with van der Waals surface area (Å²) >= 11 is 0.